The van der Waals surface area contributed by atoms with Crippen molar-refractivity contribution < 1.29 is 78.3 Å². The summed E-state index contributed by atoms with van der Waals surface area (Å²) in [5.41, 5.74) is -5.64. The van der Waals surface area contributed by atoms with Crippen LogP contribution in [0.25, 0.3) is 55.7 Å². The highest BCUT2D eigenvalue weighted by Gasteiger charge is 2.36. The van der Waals surface area contributed by atoms with Gasteiger partial charge in [-0.2, -0.15) is 26.3 Å². The molecule has 416 valence electrons. The Morgan fingerprint density at radius 1 is 0.506 bits per heavy atom. The summed E-state index contributed by atoms with van der Waals surface area (Å²) in [6.45, 7) is 0.0116. The molecule has 1 N–H and O–H groups in total. The van der Waals surface area contributed by atoms with Gasteiger partial charge in [0.15, 0.2) is 25.5 Å². The fraction of sp³-hybridized carbons (Fsp3) is 0.231. The minimum Gasteiger partial charge on any atom is -0.457 e. The van der Waals surface area contributed by atoms with Gasteiger partial charge in [-0.3, -0.25) is 0 Å². The molecule has 2 aromatic heterocycles. The lowest BCUT2D eigenvalue weighted by atomic mass is 10.0. The van der Waals surface area contributed by atoms with Crippen molar-refractivity contribution in [3.05, 3.63) is 144 Å². The summed E-state index contributed by atoms with van der Waals surface area (Å²) < 4.78 is 234. The van der Waals surface area contributed by atoms with Crippen molar-refractivity contribution in [3.63, 3.8) is 0 Å². The number of benzene rings is 6. The molecule has 2 heterocycles. The number of hydrogen-bond donors (Lipinski definition) is 1. The van der Waals surface area contributed by atoms with Gasteiger partial charge in [0, 0.05) is 46.0 Å². The third-order valence-electron chi connectivity index (χ3n) is 11.9. The highest BCUT2D eigenvalue weighted by atomic mass is 32.2. The molecule has 79 heavy (non-hydrogen) atoms. The fourth-order valence-corrected chi connectivity index (χ4v) is 12.3. The van der Waals surface area contributed by atoms with Crippen LogP contribution in [0.4, 0.5) is 35.1 Å². The molecule has 0 aliphatic rings. The van der Waals surface area contributed by atoms with E-state index in [1.54, 1.807) is 0 Å². The largest absolute Gasteiger partial charge is 0.457 e. The molecule has 0 aliphatic carbocycles. The molecule has 0 atom stereocenters. The van der Waals surface area contributed by atoms with Crippen molar-refractivity contribution in [2.45, 2.75) is 47.8 Å². The van der Waals surface area contributed by atoms with E-state index in [0.717, 1.165) is 91.6 Å². The average Bonchev–Trinajstić information content (AvgIpc) is 3.46. The predicted molar refractivity (Wildman–Crippen MR) is 277 cm³/mol. The summed E-state index contributed by atoms with van der Waals surface area (Å²) >= 11 is 0. The molecular formula is C52H43F8N5O10S4. The number of rotatable bonds is 20. The van der Waals surface area contributed by atoms with Crippen molar-refractivity contribution in [3.8, 4) is 56.9 Å². The second kappa shape index (κ2) is 22.5. The highest BCUT2D eigenvalue weighted by molar-refractivity contribution is 7.92. The number of sulfonamides is 1. The summed E-state index contributed by atoms with van der Waals surface area (Å²) in [5, 5.41) is -0.526. The van der Waals surface area contributed by atoms with Crippen LogP contribution in [0.3, 0.4) is 0 Å². The van der Waals surface area contributed by atoms with E-state index in [2.05, 4.69) is 24.7 Å². The summed E-state index contributed by atoms with van der Waals surface area (Å²) in [5.74, 6) is -4.79. The molecule has 6 aromatic carbocycles. The normalized spacial score (nSPS) is 12.8. The van der Waals surface area contributed by atoms with Crippen molar-refractivity contribution in [2.75, 3.05) is 36.3 Å². The zero-order valence-corrected chi connectivity index (χ0v) is 44.5. The van der Waals surface area contributed by atoms with Gasteiger partial charge >= 0.3 is 12.4 Å². The molecule has 0 fully saturated rings. The number of nitrogens with one attached hydrogen (secondary N) is 1. The molecule has 0 saturated heterocycles. The van der Waals surface area contributed by atoms with Crippen molar-refractivity contribution in [1.82, 2.24) is 24.7 Å². The van der Waals surface area contributed by atoms with Gasteiger partial charge in [0.1, 0.15) is 50.8 Å². The average molecular weight is 1180 g/mol. The minimum absolute atomic E-state index is 0.0116. The third kappa shape index (κ3) is 14.2. The lowest BCUT2D eigenvalue weighted by Crippen LogP contribution is -2.23. The Bertz CT molecular complexity index is 4130. The molecule has 8 aromatic rings. The highest BCUT2D eigenvalue weighted by Crippen LogP contribution is 2.42. The van der Waals surface area contributed by atoms with Crippen molar-refractivity contribution in [2.24, 2.45) is 0 Å². The van der Waals surface area contributed by atoms with Crippen LogP contribution in [-0.2, 0) is 51.9 Å². The second-order valence-electron chi connectivity index (χ2n) is 18.0. The molecule has 8 rings (SSSR count). The zero-order valence-electron chi connectivity index (χ0n) is 41.2. The number of nitrogens with zero attached hydrogens (tertiary/aromatic N) is 4. The molecule has 27 heteroatoms. The van der Waals surface area contributed by atoms with E-state index in [1.165, 1.54) is 36.4 Å². The van der Waals surface area contributed by atoms with Gasteiger partial charge in [-0.25, -0.2) is 67.1 Å². The van der Waals surface area contributed by atoms with Crippen LogP contribution >= 0.6 is 0 Å². The first-order chi connectivity index (χ1) is 37.0. The Hall–Kier alpha value is -7.20. The number of alkyl halides is 6. The maximum absolute atomic E-state index is 16.3. The SMILES string of the molecule is CS(=O)(=O)CCCCS(=O)(=O)c1cc(Oc2ccc(F)c(-c3ncnc4c(C(F)(F)F)cccc34)c2)cc(-c2nc(-c3cc(Oc4cccc(S(=O)(=O)CCCCNS(C)(=O)=O)c4)ccc3F)c3cccc(C(F)(F)F)c3n2)c1. The van der Waals surface area contributed by atoms with Crippen LogP contribution in [0.1, 0.15) is 36.8 Å². The molecule has 0 amide bonds. The molecule has 0 spiro atoms. The van der Waals surface area contributed by atoms with Gasteiger partial charge in [-0.1, -0.05) is 30.3 Å². The predicted octanol–water partition coefficient (Wildman–Crippen LogP) is 11.2. The standard InChI is InChI=1S/C52H43F8N5O10S4/c1-76(66,67)21-5-6-23-79(72,73)37-25-31(24-35(27-37)75-34-17-18-44(53)40(28-34)46-38-12-8-14-42(51(55,56)57)48(38)62-30-61-46)50-64-47(39-13-9-15-43(49(39)65-50)52(58,59)60)41-29-33(16-19-45(41)54)74-32-10-7-11-36(26-32)78(70,71)22-4-3-20-63-77(2,68)69/h7-19,24-30,63H,3-6,20-23H2,1-2H3. The smallest absolute Gasteiger partial charge is 0.418 e. The number of fused-ring (bicyclic) bond motifs is 2. The summed E-state index contributed by atoms with van der Waals surface area (Å²) in [4.78, 5) is 15.9. The number of para-hydroxylation sites is 2. The molecule has 0 radical (unpaired) electrons. The van der Waals surface area contributed by atoms with E-state index in [-0.39, 0.29) is 99.2 Å². The third-order valence-corrected chi connectivity index (χ3v) is 17.2. The summed E-state index contributed by atoms with van der Waals surface area (Å²) in [7, 11) is -15.4. The summed E-state index contributed by atoms with van der Waals surface area (Å²) in [6.07, 6.45) is -7.14. The Morgan fingerprint density at radius 3 is 1.63 bits per heavy atom. The van der Waals surface area contributed by atoms with Crippen LogP contribution < -0.4 is 14.2 Å². The molecule has 0 bridgehead atoms. The van der Waals surface area contributed by atoms with E-state index >= 15 is 8.78 Å². The number of sulfone groups is 3. The van der Waals surface area contributed by atoms with E-state index < -0.39 is 113 Å². The molecular weight excluding hydrogens is 1130 g/mol. The Labute approximate surface area is 447 Å². The van der Waals surface area contributed by atoms with Crippen LogP contribution in [-0.4, -0.2) is 89.9 Å². The van der Waals surface area contributed by atoms with Gasteiger partial charge in [-0.05, 0) is 111 Å². The maximum Gasteiger partial charge on any atom is 0.418 e. The van der Waals surface area contributed by atoms with Crippen LogP contribution in [0.2, 0.25) is 0 Å². The molecule has 0 saturated carbocycles. The van der Waals surface area contributed by atoms with E-state index in [9.17, 15) is 60.0 Å². The van der Waals surface area contributed by atoms with E-state index in [0.29, 0.717) is 6.07 Å². The Kier molecular flexibility index (Phi) is 16.5. The number of ether oxygens (including phenoxy) is 2. The maximum atomic E-state index is 16.3. The first kappa shape index (κ1) is 58.0. The lowest BCUT2D eigenvalue weighted by molar-refractivity contribution is -0.137. The van der Waals surface area contributed by atoms with Gasteiger partial charge in [0.25, 0.3) is 0 Å². The molecule has 15 nitrogen and oxygen atoms in total. The molecule has 0 aliphatic heterocycles. The Morgan fingerprint density at radius 2 is 1.03 bits per heavy atom. The summed E-state index contributed by atoms with van der Waals surface area (Å²) in [6, 6.07) is 20.6. The minimum atomic E-state index is -5.08. The van der Waals surface area contributed by atoms with E-state index in [1.807, 2.05) is 0 Å². The van der Waals surface area contributed by atoms with Gasteiger partial charge in [-0.15, -0.1) is 0 Å². The number of hydrogen-bond acceptors (Lipinski definition) is 14. The number of aromatic nitrogens is 4. The first-order valence-electron chi connectivity index (χ1n) is 23.4. The van der Waals surface area contributed by atoms with Gasteiger partial charge in [0.05, 0.1) is 61.1 Å². The van der Waals surface area contributed by atoms with Gasteiger partial charge < -0.3 is 9.47 Å². The van der Waals surface area contributed by atoms with Crippen LogP contribution in [0.15, 0.2) is 131 Å². The monoisotopic (exact) mass is 1180 g/mol. The fourth-order valence-electron chi connectivity index (χ4n) is 8.25. The number of halogens is 8. The lowest BCUT2D eigenvalue weighted by Gasteiger charge is -2.16. The van der Waals surface area contributed by atoms with Crippen LogP contribution in [0.5, 0.6) is 23.0 Å². The van der Waals surface area contributed by atoms with Crippen molar-refractivity contribution >= 4 is 61.3 Å². The zero-order chi connectivity index (χ0) is 57.3. The van der Waals surface area contributed by atoms with Crippen molar-refractivity contribution in [1.29, 1.82) is 0 Å². The first-order valence-corrected chi connectivity index (χ1v) is 30.7. The second-order valence-corrected chi connectivity index (χ2v) is 26.3. The number of unbranched alkanes of at least 4 members (excludes halogenated alkanes) is 2. The quantitative estimate of drug-likeness (QED) is 0.0554. The van der Waals surface area contributed by atoms with E-state index in [4.69, 9.17) is 9.47 Å². The van der Waals surface area contributed by atoms with Crippen LogP contribution in [0, 0.1) is 11.6 Å². The topological polar surface area (TPSA) is 219 Å². The molecule has 0 unspecified atom stereocenters. The Balaban J connectivity index is 1.23. The van der Waals surface area contributed by atoms with Gasteiger partial charge in [0.2, 0.25) is 10.0 Å².